The number of aromatic amines is 1. The molecule has 0 aliphatic heterocycles. The van der Waals surface area contributed by atoms with Gasteiger partial charge in [0, 0.05) is 11.4 Å². The number of ether oxygens (including phenoxy) is 1. The Labute approximate surface area is 206 Å². The lowest BCUT2D eigenvalue weighted by atomic mass is 10.1. The van der Waals surface area contributed by atoms with E-state index in [1.807, 2.05) is 30.3 Å². The van der Waals surface area contributed by atoms with Gasteiger partial charge in [0.2, 0.25) is 0 Å². The minimum absolute atomic E-state index is 0.0226. The first kappa shape index (κ1) is 24.4. The maximum atomic E-state index is 14.6. The fourth-order valence-corrected chi connectivity index (χ4v) is 4.75. The number of carbonyl (C=O) groups is 2. The Balaban J connectivity index is 1.65. The van der Waals surface area contributed by atoms with E-state index in [2.05, 4.69) is 15.2 Å². The molecule has 9 heteroatoms. The van der Waals surface area contributed by atoms with E-state index < -0.39 is 11.8 Å². The van der Waals surface area contributed by atoms with E-state index in [9.17, 15) is 14.0 Å². The molecule has 0 saturated carbocycles. The van der Waals surface area contributed by atoms with Gasteiger partial charge in [-0.3, -0.25) is 9.36 Å². The molecule has 0 aliphatic rings. The molecule has 2 aromatic carbocycles. The number of hydrogen-bond acceptors (Lipinski definition) is 6. The number of nitrogens with zero attached hydrogens (tertiary/aromatic N) is 3. The summed E-state index contributed by atoms with van der Waals surface area (Å²) < 4.78 is 21.5. The normalized spacial score (nSPS) is 11.0. The zero-order valence-corrected chi connectivity index (χ0v) is 20.5. The van der Waals surface area contributed by atoms with E-state index in [0.717, 1.165) is 5.56 Å². The summed E-state index contributed by atoms with van der Waals surface area (Å²) in [5.74, 6) is -0.769. The van der Waals surface area contributed by atoms with E-state index in [0.29, 0.717) is 40.0 Å². The molecule has 180 valence electrons. The van der Waals surface area contributed by atoms with Gasteiger partial charge in [-0.05, 0) is 38.5 Å². The van der Waals surface area contributed by atoms with Crippen LogP contribution in [0.15, 0.2) is 59.8 Å². The van der Waals surface area contributed by atoms with Crippen molar-refractivity contribution in [2.24, 2.45) is 0 Å². The van der Waals surface area contributed by atoms with Gasteiger partial charge < -0.3 is 9.72 Å². The summed E-state index contributed by atoms with van der Waals surface area (Å²) in [4.78, 5) is 28.7. The number of hydrogen-bond donors (Lipinski definition) is 1. The quantitative estimate of drug-likeness (QED) is 0.196. The Hall–Kier alpha value is -3.72. The molecule has 0 radical (unpaired) electrons. The Morgan fingerprint density at radius 1 is 1.00 bits per heavy atom. The van der Waals surface area contributed by atoms with Crippen molar-refractivity contribution in [3.05, 3.63) is 88.5 Å². The molecule has 7 nitrogen and oxygen atoms in total. The molecule has 2 heterocycles. The summed E-state index contributed by atoms with van der Waals surface area (Å²) in [7, 11) is 0. The number of rotatable bonds is 9. The van der Waals surface area contributed by atoms with Gasteiger partial charge in [0.05, 0.1) is 35.6 Å². The fraction of sp³-hybridized carbons (Fsp3) is 0.231. The lowest BCUT2D eigenvalue weighted by Gasteiger charge is -2.11. The highest BCUT2D eigenvalue weighted by molar-refractivity contribution is 7.99. The molecule has 0 atom stereocenters. The van der Waals surface area contributed by atoms with Crippen molar-refractivity contribution < 1.29 is 18.7 Å². The summed E-state index contributed by atoms with van der Waals surface area (Å²) in [6.07, 6.45) is 0. The second kappa shape index (κ2) is 10.7. The average Bonchev–Trinajstić information content (AvgIpc) is 3.37. The van der Waals surface area contributed by atoms with Crippen LogP contribution in [0.4, 0.5) is 4.39 Å². The molecule has 0 unspecified atom stereocenters. The second-order valence-corrected chi connectivity index (χ2v) is 8.86. The van der Waals surface area contributed by atoms with Crippen LogP contribution in [0.2, 0.25) is 0 Å². The molecule has 2 aromatic heterocycles. The van der Waals surface area contributed by atoms with Crippen molar-refractivity contribution in [3.8, 4) is 11.4 Å². The van der Waals surface area contributed by atoms with Crippen LogP contribution in [-0.4, -0.2) is 43.9 Å². The lowest BCUT2D eigenvalue weighted by molar-refractivity contribution is 0.0522. The largest absolute Gasteiger partial charge is 0.462 e. The highest BCUT2D eigenvalue weighted by Crippen LogP contribution is 2.28. The SMILES string of the molecule is CCOC(=O)c1c(C)[nH]c(C)c1C(=O)CSc1nnc(-c2ccccc2F)n1Cc1ccccc1. The first-order valence-electron chi connectivity index (χ1n) is 11.1. The maximum absolute atomic E-state index is 14.6. The van der Waals surface area contributed by atoms with Gasteiger partial charge in [-0.1, -0.05) is 54.2 Å². The summed E-state index contributed by atoms with van der Waals surface area (Å²) in [5, 5.41) is 8.99. The van der Waals surface area contributed by atoms with Gasteiger partial charge in [0.15, 0.2) is 16.8 Å². The van der Waals surface area contributed by atoms with Gasteiger partial charge in [-0.25, -0.2) is 9.18 Å². The number of Topliss-reactive ketones (excluding diaryl/α,β-unsaturated/α-hetero) is 1. The lowest BCUT2D eigenvalue weighted by Crippen LogP contribution is -2.13. The minimum atomic E-state index is -0.531. The summed E-state index contributed by atoms with van der Waals surface area (Å²) >= 11 is 1.19. The van der Waals surface area contributed by atoms with E-state index in [1.165, 1.54) is 17.8 Å². The van der Waals surface area contributed by atoms with Crippen LogP contribution in [0.3, 0.4) is 0 Å². The fourth-order valence-electron chi connectivity index (χ4n) is 3.94. The van der Waals surface area contributed by atoms with Crippen molar-refractivity contribution in [3.63, 3.8) is 0 Å². The number of H-pyrrole nitrogens is 1. The Morgan fingerprint density at radius 3 is 2.40 bits per heavy atom. The molecule has 0 amide bonds. The highest BCUT2D eigenvalue weighted by atomic mass is 32.2. The molecule has 4 rings (SSSR count). The topological polar surface area (TPSA) is 89.9 Å². The van der Waals surface area contributed by atoms with Gasteiger partial charge >= 0.3 is 5.97 Å². The number of aryl methyl sites for hydroxylation is 2. The maximum Gasteiger partial charge on any atom is 0.340 e. The molecular weight excluding hydrogens is 467 g/mol. The Bertz CT molecular complexity index is 1360. The number of esters is 1. The van der Waals surface area contributed by atoms with E-state index in [1.54, 1.807) is 43.5 Å². The van der Waals surface area contributed by atoms with Crippen molar-refractivity contribution >= 4 is 23.5 Å². The smallest absolute Gasteiger partial charge is 0.340 e. The third-order valence-corrected chi connectivity index (χ3v) is 6.45. The standard InChI is InChI=1S/C26H25FN4O3S/c1-4-34-25(33)23-17(3)28-16(2)22(23)21(32)15-35-26-30-29-24(19-12-8-9-13-20(19)27)31(26)14-18-10-6-5-7-11-18/h5-13,28H,4,14-15H2,1-3H3. The average molecular weight is 493 g/mol. The monoisotopic (exact) mass is 492 g/mol. The summed E-state index contributed by atoms with van der Waals surface area (Å²) in [5.41, 5.74) is 3.08. The van der Waals surface area contributed by atoms with Crippen molar-refractivity contribution in [1.29, 1.82) is 0 Å². The van der Waals surface area contributed by atoms with E-state index >= 15 is 0 Å². The molecule has 0 bridgehead atoms. The van der Waals surface area contributed by atoms with E-state index in [-0.39, 0.29) is 23.7 Å². The number of benzene rings is 2. The third kappa shape index (κ3) is 5.19. The first-order chi connectivity index (χ1) is 16.9. The Kier molecular flexibility index (Phi) is 7.45. The van der Waals surface area contributed by atoms with Crippen LogP contribution < -0.4 is 0 Å². The van der Waals surface area contributed by atoms with Crippen molar-refractivity contribution in [2.45, 2.75) is 32.5 Å². The molecule has 1 N–H and O–H groups in total. The zero-order chi connectivity index (χ0) is 24.9. The number of halogens is 1. The zero-order valence-electron chi connectivity index (χ0n) is 19.7. The molecular formula is C26H25FN4O3S. The summed E-state index contributed by atoms with van der Waals surface area (Å²) in [6.45, 7) is 5.83. The van der Waals surface area contributed by atoms with Gasteiger partial charge in [-0.15, -0.1) is 10.2 Å². The number of ketones is 1. The molecule has 0 fully saturated rings. The van der Waals surface area contributed by atoms with Crippen LogP contribution in [0.1, 0.15) is 44.6 Å². The molecule has 0 spiro atoms. The van der Waals surface area contributed by atoms with Gasteiger partial charge in [0.25, 0.3) is 0 Å². The minimum Gasteiger partial charge on any atom is -0.462 e. The predicted octanol–water partition coefficient (Wildman–Crippen LogP) is 5.23. The third-order valence-electron chi connectivity index (χ3n) is 5.48. The van der Waals surface area contributed by atoms with Crippen LogP contribution >= 0.6 is 11.8 Å². The summed E-state index contributed by atoms with van der Waals surface area (Å²) in [6, 6.07) is 16.1. The predicted molar refractivity (Wildman–Crippen MR) is 132 cm³/mol. The highest BCUT2D eigenvalue weighted by Gasteiger charge is 2.26. The van der Waals surface area contributed by atoms with Crippen LogP contribution in [0.5, 0.6) is 0 Å². The van der Waals surface area contributed by atoms with E-state index in [4.69, 9.17) is 4.74 Å². The Morgan fingerprint density at radius 2 is 1.69 bits per heavy atom. The second-order valence-electron chi connectivity index (χ2n) is 7.92. The number of aromatic nitrogens is 4. The number of carbonyl (C=O) groups excluding carboxylic acids is 2. The van der Waals surface area contributed by atoms with Crippen molar-refractivity contribution in [2.75, 3.05) is 12.4 Å². The van der Waals surface area contributed by atoms with Crippen LogP contribution in [0, 0.1) is 19.7 Å². The number of thioether (sulfide) groups is 1. The van der Waals surface area contributed by atoms with Crippen molar-refractivity contribution in [1.82, 2.24) is 19.7 Å². The van der Waals surface area contributed by atoms with Crippen LogP contribution in [-0.2, 0) is 11.3 Å². The number of nitrogens with one attached hydrogen (secondary N) is 1. The van der Waals surface area contributed by atoms with Gasteiger partial charge in [-0.2, -0.15) is 0 Å². The molecule has 4 aromatic rings. The molecule has 0 saturated heterocycles. The molecule has 0 aliphatic carbocycles. The van der Waals surface area contributed by atoms with Gasteiger partial charge in [0.1, 0.15) is 5.82 Å². The molecule has 35 heavy (non-hydrogen) atoms. The van der Waals surface area contributed by atoms with Crippen LogP contribution in [0.25, 0.3) is 11.4 Å². The first-order valence-corrected chi connectivity index (χ1v) is 12.1.